The summed E-state index contributed by atoms with van der Waals surface area (Å²) in [5.74, 6) is -0.777. The molecule has 0 radical (unpaired) electrons. The molecule has 2 aliphatic rings. The van der Waals surface area contributed by atoms with Crippen molar-refractivity contribution >= 4 is 46.8 Å². The van der Waals surface area contributed by atoms with Gasteiger partial charge in [-0.05, 0) is 55.4 Å². The van der Waals surface area contributed by atoms with Gasteiger partial charge in [-0.1, -0.05) is 169 Å². The van der Waals surface area contributed by atoms with E-state index >= 15 is 0 Å². The minimum absolute atomic E-state index is 0. The van der Waals surface area contributed by atoms with Crippen molar-refractivity contribution in [2.45, 2.75) is 177 Å². The zero-order valence-corrected chi connectivity index (χ0v) is 50.9. The third-order valence-electron chi connectivity index (χ3n) is 15.0. The number of para-hydroxylation sites is 2. The minimum atomic E-state index is -0.204. The summed E-state index contributed by atoms with van der Waals surface area (Å²) in [5.41, 5.74) is 9.67. The van der Waals surface area contributed by atoms with Crippen molar-refractivity contribution in [3.63, 3.8) is 0 Å². The summed E-state index contributed by atoms with van der Waals surface area (Å²) < 4.78 is 25.5. The van der Waals surface area contributed by atoms with Crippen LogP contribution in [0.2, 0.25) is 0 Å². The lowest BCUT2D eigenvalue weighted by atomic mass is 9.95. The van der Waals surface area contributed by atoms with Gasteiger partial charge in [0.05, 0.1) is 55.5 Å². The quantitative estimate of drug-likeness (QED) is 0.0299. The lowest BCUT2D eigenvalue weighted by molar-refractivity contribution is -0.145. The lowest BCUT2D eigenvalue weighted by Gasteiger charge is -2.28. The van der Waals surface area contributed by atoms with Crippen LogP contribution in [-0.2, 0) is 73.9 Å². The molecule has 2 aromatic heterocycles. The van der Waals surface area contributed by atoms with Gasteiger partial charge in [0.15, 0.2) is 0 Å². The Balaban J connectivity index is 0.000000275. The van der Waals surface area contributed by atoms with E-state index in [1.54, 1.807) is 19.2 Å². The van der Waals surface area contributed by atoms with E-state index in [1.165, 1.54) is 0 Å². The molecule has 0 unspecified atom stereocenters. The number of esters is 2. The molecule has 0 spiro atoms. The Kier molecular flexibility index (Phi) is 29.0. The van der Waals surface area contributed by atoms with Crippen LogP contribution in [0.5, 0.6) is 0 Å². The van der Waals surface area contributed by atoms with Crippen LogP contribution in [0, 0.1) is 0 Å². The zero-order valence-electron chi connectivity index (χ0n) is 50.9. The summed E-state index contributed by atoms with van der Waals surface area (Å²) in [4.78, 5) is 80.3. The number of nitrogens with one attached hydrogen (secondary N) is 1. The van der Waals surface area contributed by atoms with Crippen LogP contribution >= 0.6 is 0 Å². The summed E-state index contributed by atoms with van der Waals surface area (Å²) in [7, 11) is 0. The van der Waals surface area contributed by atoms with Gasteiger partial charge in [-0.15, -0.1) is 10.2 Å². The maximum absolute atomic E-state index is 13.7. The first kappa shape index (κ1) is 68.2. The number of anilines is 2. The molecular weight excluding hydrogens is 1100 g/mol. The molecule has 6 aromatic rings. The van der Waals surface area contributed by atoms with Gasteiger partial charge in [0.1, 0.15) is 30.4 Å². The van der Waals surface area contributed by atoms with E-state index in [4.69, 9.17) is 18.9 Å². The number of nitrogens with zero attached hydrogens (tertiary/aromatic N) is 8. The van der Waals surface area contributed by atoms with Crippen molar-refractivity contribution in [2.75, 3.05) is 56.0 Å². The normalized spacial score (nSPS) is 11.9. The molecule has 0 aliphatic carbocycles. The Morgan fingerprint density at radius 1 is 0.448 bits per heavy atom. The molecule has 0 saturated carbocycles. The highest BCUT2D eigenvalue weighted by Gasteiger charge is 2.31. The molecule has 19 heteroatoms. The summed E-state index contributed by atoms with van der Waals surface area (Å²) in [6.07, 6.45) is 12.5. The summed E-state index contributed by atoms with van der Waals surface area (Å²) in [5, 5.41) is 20.8. The predicted molar refractivity (Wildman–Crippen MR) is 338 cm³/mol. The second-order valence-electron chi connectivity index (χ2n) is 21.6. The molecule has 468 valence electrons. The maximum Gasteiger partial charge on any atom is 0.305 e. The molecule has 0 saturated heterocycles. The molecule has 87 heavy (non-hydrogen) atoms. The molecule has 1 N–H and O–H groups in total. The molecule has 0 bridgehead atoms. The van der Waals surface area contributed by atoms with Gasteiger partial charge in [0.25, 0.3) is 0 Å². The van der Waals surface area contributed by atoms with Crippen molar-refractivity contribution < 1.29 is 47.7 Å². The van der Waals surface area contributed by atoms with Gasteiger partial charge in [-0.25, -0.2) is 9.36 Å². The molecule has 0 atom stereocenters. The number of ketones is 1. The van der Waals surface area contributed by atoms with Crippen LogP contribution in [-0.4, -0.2) is 112 Å². The highest BCUT2D eigenvalue weighted by atomic mass is 16.5. The Labute approximate surface area is 513 Å². The third kappa shape index (κ3) is 20.1. The van der Waals surface area contributed by atoms with Crippen LogP contribution in [0.4, 0.5) is 11.4 Å². The lowest BCUT2D eigenvalue weighted by Crippen LogP contribution is -2.33. The molecule has 2 aliphatic heterocycles. The van der Waals surface area contributed by atoms with Crippen LogP contribution < -0.4 is 15.1 Å². The van der Waals surface area contributed by atoms with E-state index in [1.807, 2.05) is 104 Å². The average Bonchev–Trinajstić information content (AvgIpc) is 2.23. The van der Waals surface area contributed by atoms with Crippen molar-refractivity contribution in [1.29, 1.82) is 0 Å². The number of Topliss-reactive ketones (excluding diaryl/α,β-unsaturated/α-hetero) is 1. The number of ether oxygens (including phenoxy) is 4. The van der Waals surface area contributed by atoms with Crippen molar-refractivity contribution in [1.82, 2.24) is 35.3 Å². The number of benzene rings is 4. The second-order valence-corrected chi connectivity index (χ2v) is 21.6. The van der Waals surface area contributed by atoms with Crippen molar-refractivity contribution in [3.05, 3.63) is 108 Å². The monoisotopic (exact) mass is 1190 g/mol. The number of aromatic nitrogens is 6. The van der Waals surface area contributed by atoms with Crippen molar-refractivity contribution in [2.24, 2.45) is 0 Å². The molecule has 0 fully saturated rings. The Hall–Kier alpha value is -7.90. The third-order valence-corrected chi connectivity index (χ3v) is 15.0. The van der Waals surface area contributed by atoms with Gasteiger partial charge in [-0.3, -0.25) is 28.8 Å². The van der Waals surface area contributed by atoms with E-state index in [9.17, 15) is 28.8 Å². The SMILES string of the molecule is C.CCCCCCC(=O)OCCn1nnc2c1-c1ccccc1CN(C(=O)CCC(=O)NCCOCCC)c1ccccc1-2.CCCCCCC(=O)OCCn1nnc2c1-c1ccccc1N(C(=O)CCC(=O)CCCOCCC)Cc1ccccc1-2. The second kappa shape index (κ2) is 36.9. The van der Waals surface area contributed by atoms with E-state index in [0.717, 1.165) is 120 Å². The van der Waals surface area contributed by atoms with Crippen LogP contribution in [0.1, 0.15) is 162 Å². The standard InChI is InChI=1S/C34H44N4O5.C33H43N5O5.CH4/c1-3-5-6-7-18-32(41)43-24-21-38-34-29-16-10-11-17-30(29)37(25-26-13-8-9-15-28(26)33(34)35-36-38)31(40)20-19-27(39)14-12-23-42-22-4-2;1-3-5-6-7-16-31(41)43-23-20-38-33-26-13-9-8-12-25(26)24-37(28-15-11-10-14-27(28)32(33)35-36-38)30(40)18-17-29(39)34-19-22-42-21-4-2;/h8-11,13,15-17H,3-7,12,14,18-25H2,1-2H3;8-15H,3-7,16-24H2,1-2H3,(H,34,39);1H4. The molecule has 19 nitrogen and oxygen atoms in total. The largest absolute Gasteiger partial charge is 0.464 e. The Morgan fingerprint density at radius 3 is 1.49 bits per heavy atom. The number of carbonyl (C=O) groups excluding carboxylic acids is 6. The Bertz CT molecular complexity index is 3150. The number of fused-ring (bicyclic) bond motifs is 10. The zero-order chi connectivity index (χ0) is 60.9. The first-order chi connectivity index (χ1) is 42.1. The minimum Gasteiger partial charge on any atom is -0.464 e. The average molecular weight is 1190 g/mol. The van der Waals surface area contributed by atoms with Crippen LogP contribution in [0.25, 0.3) is 45.0 Å². The first-order valence-electron chi connectivity index (χ1n) is 31.1. The fraction of sp³-hybridized carbons (Fsp3) is 0.500. The van der Waals surface area contributed by atoms with Crippen LogP contribution in [0.15, 0.2) is 97.1 Å². The van der Waals surface area contributed by atoms with Gasteiger partial charge in [0, 0.05) is 93.6 Å². The predicted octanol–water partition coefficient (Wildman–Crippen LogP) is 12.5. The molecular formula is C68H91N9O10. The Morgan fingerprint density at radius 2 is 0.920 bits per heavy atom. The number of unbranched alkanes of at least 4 members (excludes halogenated alkanes) is 6. The fourth-order valence-electron chi connectivity index (χ4n) is 10.5. The summed E-state index contributed by atoms with van der Waals surface area (Å²) in [6, 6.07) is 31.1. The number of rotatable bonds is 33. The first-order valence-corrected chi connectivity index (χ1v) is 31.1. The maximum atomic E-state index is 13.7. The van der Waals surface area contributed by atoms with E-state index < -0.39 is 0 Å². The molecule has 4 heterocycles. The van der Waals surface area contributed by atoms with Gasteiger partial charge in [0.2, 0.25) is 17.7 Å². The van der Waals surface area contributed by atoms with E-state index in [0.29, 0.717) is 96.2 Å². The summed E-state index contributed by atoms with van der Waals surface area (Å²) >= 11 is 0. The molecule has 4 aromatic carbocycles. The van der Waals surface area contributed by atoms with Crippen molar-refractivity contribution in [3.8, 4) is 45.0 Å². The highest BCUT2D eigenvalue weighted by molar-refractivity contribution is 6.02. The summed E-state index contributed by atoms with van der Waals surface area (Å²) in [6.45, 7) is 12.9. The number of hydrogen-bond acceptors (Lipinski definition) is 14. The molecule has 3 amide bonds. The highest BCUT2D eigenvalue weighted by Crippen LogP contribution is 2.43. The van der Waals surface area contributed by atoms with Gasteiger partial charge in [-0.2, -0.15) is 0 Å². The van der Waals surface area contributed by atoms with Gasteiger partial charge >= 0.3 is 11.9 Å². The smallest absolute Gasteiger partial charge is 0.305 e. The van der Waals surface area contributed by atoms with Crippen LogP contribution in [0.3, 0.4) is 0 Å². The fourth-order valence-corrected chi connectivity index (χ4v) is 10.5. The van der Waals surface area contributed by atoms with E-state index in [2.05, 4.69) is 46.7 Å². The van der Waals surface area contributed by atoms with Gasteiger partial charge < -0.3 is 34.1 Å². The number of amides is 3. The number of hydrogen-bond donors (Lipinski definition) is 1. The number of carbonyl (C=O) groups is 6. The van der Waals surface area contributed by atoms with E-state index in [-0.39, 0.29) is 81.8 Å². The topological polar surface area (TPSA) is 219 Å². The molecule has 8 rings (SSSR count).